The molecule has 0 radical (unpaired) electrons. The van der Waals surface area contributed by atoms with Gasteiger partial charge in [-0.15, -0.1) is 0 Å². The lowest BCUT2D eigenvalue weighted by Crippen LogP contribution is -2.48. The quantitative estimate of drug-likeness (QED) is 0.766. The third kappa shape index (κ3) is 2.98. The Morgan fingerprint density at radius 2 is 2.25 bits per heavy atom. The molecule has 7 nitrogen and oxygen atoms in total. The topological polar surface area (TPSA) is 81.9 Å². The summed E-state index contributed by atoms with van der Waals surface area (Å²) in [5.41, 5.74) is 0.188. The highest BCUT2D eigenvalue weighted by molar-refractivity contribution is 5.95. The van der Waals surface area contributed by atoms with Crippen LogP contribution in [0.15, 0.2) is 10.6 Å². The Hall–Kier alpha value is -1.89. The van der Waals surface area contributed by atoms with Crippen LogP contribution < -0.4 is 0 Å². The van der Waals surface area contributed by atoms with Crippen LogP contribution in [0.4, 0.5) is 0 Å². The van der Waals surface area contributed by atoms with Crippen LogP contribution >= 0.6 is 0 Å². The van der Waals surface area contributed by atoms with Crippen LogP contribution in [-0.2, 0) is 20.9 Å². The number of nitrogens with zero attached hydrogens (tertiary/aromatic N) is 2. The van der Waals surface area contributed by atoms with E-state index >= 15 is 0 Å². The molecule has 1 aliphatic rings. The summed E-state index contributed by atoms with van der Waals surface area (Å²) in [6.45, 7) is 0.770. The second-order valence-corrected chi connectivity index (χ2v) is 4.64. The van der Waals surface area contributed by atoms with E-state index in [-0.39, 0.29) is 18.2 Å². The van der Waals surface area contributed by atoms with Crippen molar-refractivity contribution < 1.29 is 23.6 Å². The number of aromatic nitrogens is 1. The average molecular weight is 282 g/mol. The van der Waals surface area contributed by atoms with E-state index in [1.807, 2.05) is 0 Å². The number of carbonyl (C=O) groups excluding carboxylic acids is 2. The highest BCUT2D eigenvalue weighted by Crippen LogP contribution is 2.20. The lowest BCUT2D eigenvalue weighted by Gasteiger charge is -2.33. The van der Waals surface area contributed by atoms with Gasteiger partial charge in [-0.3, -0.25) is 4.79 Å². The number of amides is 1. The second-order valence-electron chi connectivity index (χ2n) is 4.64. The van der Waals surface area contributed by atoms with E-state index in [4.69, 9.17) is 14.0 Å². The summed E-state index contributed by atoms with van der Waals surface area (Å²) < 4.78 is 14.7. The number of carbonyl (C=O) groups is 2. The minimum atomic E-state index is -0.538. The van der Waals surface area contributed by atoms with E-state index < -0.39 is 12.0 Å². The summed E-state index contributed by atoms with van der Waals surface area (Å²) in [5.74, 6) is -0.229. The van der Waals surface area contributed by atoms with Gasteiger partial charge >= 0.3 is 5.97 Å². The van der Waals surface area contributed by atoms with Gasteiger partial charge in [0.2, 0.25) is 0 Å². The Bertz CT molecular complexity index is 485. The van der Waals surface area contributed by atoms with Crippen LogP contribution in [0.2, 0.25) is 0 Å². The van der Waals surface area contributed by atoms with Crippen molar-refractivity contribution in [2.45, 2.75) is 31.9 Å². The maximum absolute atomic E-state index is 12.4. The molecule has 2 heterocycles. The van der Waals surface area contributed by atoms with Crippen molar-refractivity contribution >= 4 is 11.9 Å². The smallest absolute Gasteiger partial charge is 0.328 e. The summed E-state index contributed by atoms with van der Waals surface area (Å²) in [4.78, 5) is 25.6. The minimum absolute atomic E-state index is 0.188. The fourth-order valence-corrected chi connectivity index (χ4v) is 2.33. The monoisotopic (exact) mass is 282 g/mol. The Morgan fingerprint density at radius 3 is 2.95 bits per heavy atom. The van der Waals surface area contributed by atoms with Crippen LogP contribution in [-0.4, -0.2) is 48.7 Å². The van der Waals surface area contributed by atoms with Crippen LogP contribution in [0.1, 0.15) is 35.5 Å². The van der Waals surface area contributed by atoms with Crippen molar-refractivity contribution in [1.29, 1.82) is 0 Å². The van der Waals surface area contributed by atoms with Crippen LogP contribution in [0, 0.1) is 0 Å². The fourth-order valence-electron chi connectivity index (χ4n) is 2.33. The van der Waals surface area contributed by atoms with E-state index in [0.717, 1.165) is 12.8 Å². The Balaban J connectivity index is 2.14. The number of esters is 1. The molecule has 2 rings (SSSR count). The number of hydrogen-bond acceptors (Lipinski definition) is 6. The zero-order valence-electron chi connectivity index (χ0n) is 11.6. The van der Waals surface area contributed by atoms with Crippen molar-refractivity contribution in [3.05, 3.63) is 17.5 Å². The van der Waals surface area contributed by atoms with Gasteiger partial charge in [-0.05, 0) is 19.3 Å². The molecule has 1 aromatic heterocycles. The van der Waals surface area contributed by atoms with Gasteiger partial charge in [0.15, 0.2) is 11.5 Å². The van der Waals surface area contributed by atoms with E-state index in [2.05, 4.69) is 5.16 Å². The maximum atomic E-state index is 12.4. The maximum Gasteiger partial charge on any atom is 0.328 e. The molecule has 1 aromatic rings. The third-order valence-corrected chi connectivity index (χ3v) is 3.30. The number of methoxy groups -OCH3 is 2. The second kappa shape index (κ2) is 6.51. The van der Waals surface area contributed by atoms with Gasteiger partial charge < -0.3 is 18.9 Å². The van der Waals surface area contributed by atoms with Crippen molar-refractivity contribution in [2.24, 2.45) is 0 Å². The molecule has 110 valence electrons. The Kier molecular flexibility index (Phi) is 4.73. The van der Waals surface area contributed by atoms with Crippen LogP contribution in [0.3, 0.4) is 0 Å². The predicted molar refractivity (Wildman–Crippen MR) is 67.9 cm³/mol. The number of ether oxygens (including phenoxy) is 2. The first-order valence-corrected chi connectivity index (χ1v) is 6.50. The van der Waals surface area contributed by atoms with E-state index in [1.54, 1.807) is 0 Å². The molecule has 1 fully saturated rings. The van der Waals surface area contributed by atoms with E-state index in [0.29, 0.717) is 18.7 Å². The molecule has 1 atom stereocenters. The van der Waals surface area contributed by atoms with E-state index in [1.165, 1.54) is 25.2 Å². The van der Waals surface area contributed by atoms with Gasteiger partial charge in [-0.2, -0.15) is 0 Å². The van der Waals surface area contributed by atoms with Crippen molar-refractivity contribution in [2.75, 3.05) is 20.8 Å². The summed E-state index contributed by atoms with van der Waals surface area (Å²) >= 11 is 0. The molecule has 0 saturated carbocycles. The molecule has 1 saturated heterocycles. The first-order chi connectivity index (χ1) is 9.67. The normalized spacial score (nSPS) is 18.9. The Labute approximate surface area is 116 Å². The summed E-state index contributed by atoms with van der Waals surface area (Å²) in [6, 6.07) is 0.998. The number of piperidine rings is 1. The number of rotatable bonds is 4. The first-order valence-electron chi connectivity index (χ1n) is 6.50. The van der Waals surface area contributed by atoms with Gasteiger partial charge in [-0.25, -0.2) is 4.79 Å². The lowest BCUT2D eigenvalue weighted by atomic mass is 10.0. The van der Waals surface area contributed by atoms with Crippen LogP contribution in [0.5, 0.6) is 0 Å². The molecular formula is C13H18N2O5. The summed E-state index contributed by atoms with van der Waals surface area (Å²) in [6.07, 6.45) is 2.38. The van der Waals surface area contributed by atoms with Crippen molar-refractivity contribution in [1.82, 2.24) is 10.1 Å². The largest absolute Gasteiger partial charge is 0.467 e. The molecule has 20 heavy (non-hydrogen) atoms. The van der Waals surface area contributed by atoms with Gasteiger partial charge in [-0.1, -0.05) is 5.16 Å². The number of likely N-dealkylation sites (tertiary alicyclic amines) is 1. The molecule has 7 heteroatoms. The first kappa shape index (κ1) is 14.5. The Morgan fingerprint density at radius 1 is 1.45 bits per heavy atom. The van der Waals surface area contributed by atoms with Crippen molar-refractivity contribution in [3.8, 4) is 0 Å². The van der Waals surface area contributed by atoms with Gasteiger partial charge in [0.25, 0.3) is 5.91 Å². The molecule has 0 unspecified atom stereocenters. The molecule has 0 aliphatic carbocycles. The summed E-state index contributed by atoms with van der Waals surface area (Å²) in [7, 11) is 2.86. The highest BCUT2D eigenvalue weighted by atomic mass is 16.5. The lowest BCUT2D eigenvalue weighted by molar-refractivity contribution is -0.147. The van der Waals surface area contributed by atoms with Gasteiger partial charge in [0.1, 0.15) is 12.6 Å². The number of hydrogen-bond donors (Lipinski definition) is 0. The third-order valence-electron chi connectivity index (χ3n) is 3.30. The van der Waals surface area contributed by atoms with Gasteiger partial charge in [0.05, 0.1) is 7.11 Å². The molecular weight excluding hydrogens is 264 g/mol. The molecule has 1 amide bonds. The molecule has 0 N–H and O–H groups in total. The summed E-state index contributed by atoms with van der Waals surface area (Å²) in [5, 5.41) is 3.73. The van der Waals surface area contributed by atoms with Crippen molar-refractivity contribution in [3.63, 3.8) is 0 Å². The fraction of sp³-hybridized carbons (Fsp3) is 0.615. The molecule has 0 aromatic carbocycles. The molecule has 1 aliphatic heterocycles. The highest BCUT2D eigenvalue weighted by Gasteiger charge is 2.34. The zero-order valence-corrected chi connectivity index (χ0v) is 11.6. The SMILES string of the molecule is COCc1cc(C(=O)N2CCCC[C@@H]2C(=O)OC)no1. The van der Waals surface area contributed by atoms with Crippen LogP contribution in [0.25, 0.3) is 0 Å². The standard InChI is InChI=1S/C13H18N2O5/c1-18-8-9-7-10(14-20-9)12(16)15-6-4-3-5-11(15)13(17)19-2/h7,11H,3-6,8H2,1-2H3/t11-/m1/s1. The minimum Gasteiger partial charge on any atom is -0.467 e. The zero-order chi connectivity index (χ0) is 14.5. The van der Waals surface area contributed by atoms with E-state index in [9.17, 15) is 9.59 Å². The average Bonchev–Trinajstić information content (AvgIpc) is 2.94. The molecule has 0 spiro atoms. The van der Waals surface area contributed by atoms with Gasteiger partial charge in [0, 0.05) is 19.7 Å². The predicted octanol–water partition coefficient (Wildman–Crippen LogP) is 0.989. The molecule has 0 bridgehead atoms.